The molecule has 1 aliphatic rings. The van der Waals surface area contributed by atoms with Crippen LogP contribution in [0.25, 0.3) is 0 Å². The van der Waals surface area contributed by atoms with E-state index in [4.69, 9.17) is 16.3 Å². The van der Waals surface area contributed by atoms with Crippen LogP contribution in [0.1, 0.15) is 23.1 Å². The number of methoxy groups -OCH3 is 1. The zero-order valence-corrected chi connectivity index (χ0v) is 15.7. The molecule has 3 rings (SSSR count). The van der Waals surface area contributed by atoms with Gasteiger partial charge in [0, 0.05) is 37.1 Å². The molecule has 0 spiro atoms. The van der Waals surface area contributed by atoms with Crippen LogP contribution in [0.3, 0.4) is 0 Å². The Morgan fingerprint density at radius 3 is 2.76 bits per heavy atom. The van der Waals surface area contributed by atoms with Gasteiger partial charge >= 0.3 is 0 Å². The molecule has 1 N–H and O–H groups in total. The Kier molecular flexibility index (Phi) is 5.43. The molecule has 0 saturated carbocycles. The molecule has 1 fully saturated rings. The Balaban J connectivity index is 1.81. The van der Waals surface area contributed by atoms with Gasteiger partial charge in [0.2, 0.25) is 10.0 Å². The Hall–Kier alpha value is -1.48. The molecule has 0 radical (unpaired) electrons. The van der Waals surface area contributed by atoms with Crippen molar-refractivity contribution in [1.29, 1.82) is 0 Å². The van der Waals surface area contributed by atoms with E-state index in [1.54, 1.807) is 31.4 Å². The van der Waals surface area contributed by atoms with Gasteiger partial charge in [0.05, 0.1) is 12.4 Å². The molecule has 136 valence electrons. The van der Waals surface area contributed by atoms with E-state index in [1.807, 2.05) is 6.92 Å². The van der Waals surface area contributed by atoms with Crippen molar-refractivity contribution in [2.24, 2.45) is 5.92 Å². The van der Waals surface area contributed by atoms with Gasteiger partial charge in [-0.15, -0.1) is 0 Å². The van der Waals surface area contributed by atoms with Crippen LogP contribution in [-0.2, 0) is 20.5 Å². The summed E-state index contributed by atoms with van der Waals surface area (Å²) in [4.78, 5) is 4.37. The van der Waals surface area contributed by atoms with E-state index >= 15 is 0 Å². The summed E-state index contributed by atoms with van der Waals surface area (Å²) >= 11 is 6.12. The van der Waals surface area contributed by atoms with Crippen molar-refractivity contribution in [1.82, 2.24) is 19.5 Å². The zero-order valence-electron chi connectivity index (χ0n) is 14.1. The summed E-state index contributed by atoms with van der Waals surface area (Å²) in [5.41, 5.74) is 0.602. The van der Waals surface area contributed by atoms with Gasteiger partial charge in [-0.1, -0.05) is 29.8 Å². The number of rotatable bonds is 6. The van der Waals surface area contributed by atoms with Gasteiger partial charge in [-0.25, -0.2) is 17.7 Å². The number of sulfonamides is 1. The number of hydrogen-bond donors (Lipinski definition) is 1. The van der Waals surface area contributed by atoms with Crippen molar-refractivity contribution >= 4 is 21.6 Å². The van der Waals surface area contributed by atoms with Crippen LogP contribution in [0, 0.1) is 12.8 Å². The highest BCUT2D eigenvalue weighted by molar-refractivity contribution is 7.88. The van der Waals surface area contributed by atoms with E-state index in [1.165, 1.54) is 4.31 Å². The highest BCUT2D eigenvalue weighted by Crippen LogP contribution is 2.33. The lowest BCUT2D eigenvalue weighted by molar-refractivity contribution is 0.150. The third-order valence-corrected chi connectivity index (χ3v) is 6.55. The quantitative estimate of drug-likeness (QED) is 0.822. The van der Waals surface area contributed by atoms with Crippen molar-refractivity contribution in [2.45, 2.75) is 18.6 Å². The average Bonchev–Trinajstić information content (AvgIpc) is 3.16. The van der Waals surface area contributed by atoms with Crippen molar-refractivity contribution < 1.29 is 13.2 Å². The fourth-order valence-corrected chi connectivity index (χ4v) is 5.08. The first kappa shape index (κ1) is 18.3. The second kappa shape index (κ2) is 7.41. The number of hydrogen-bond acceptors (Lipinski definition) is 5. The summed E-state index contributed by atoms with van der Waals surface area (Å²) in [5, 5.41) is 7.49. The van der Waals surface area contributed by atoms with E-state index in [-0.39, 0.29) is 17.6 Å². The van der Waals surface area contributed by atoms with Gasteiger partial charge in [-0.3, -0.25) is 5.10 Å². The SMILES string of the molecule is COC[C@@H]1CN(S(=O)(=O)Cc2ccccc2Cl)C[C@H]1c1n[nH]c(C)n1. The number of aromatic nitrogens is 3. The number of nitrogens with one attached hydrogen (secondary N) is 1. The first-order valence-corrected chi connectivity index (χ1v) is 9.98. The minimum atomic E-state index is -3.49. The van der Waals surface area contributed by atoms with Crippen LogP contribution in [0.15, 0.2) is 24.3 Å². The van der Waals surface area contributed by atoms with Crippen molar-refractivity contribution in [3.05, 3.63) is 46.5 Å². The smallest absolute Gasteiger partial charge is 0.218 e. The second-order valence-corrected chi connectivity index (χ2v) is 8.64. The number of aryl methyl sites for hydroxylation is 1. The molecule has 1 aliphatic heterocycles. The fraction of sp³-hybridized carbons (Fsp3) is 0.500. The molecular formula is C16H21ClN4O3S. The van der Waals surface area contributed by atoms with E-state index < -0.39 is 10.0 Å². The second-order valence-electron chi connectivity index (χ2n) is 6.27. The first-order chi connectivity index (χ1) is 11.9. The van der Waals surface area contributed by atoms with Gasteiger partial charge < -0.3 is 4.74 Å². The maximum absolute atomic E-state index is 12.9. The fourth-order valence-electron chi connectivity index (χ4n) is 3.16. The molecule has 0 unspecified atom stereocenters. The van der Waals surface area contributed by atoms with Crippen molar-refractivity contribution in [2.75, 3.05) is 26.8 Å². The number of ether oxygens (including phenoxy) is 1. The van der Waals surface area contributed by atoms with Crippen LogP contribution in [0.4, 0.5) is 0 Å². The predicted molar refractivity (Wildman–Crippen MR) is 94.9 cm³/mol. The minimum Gasteiger partial charge on any atom is -0.384 e. The molecule has 7 nitrogen and oxygen atoms in total. The standard InChI is InChI=1S/C16H21ClN4O3S/c1-11-18-16(20-19-11)14-8-21(7-13(14)9-24-2)25(22,23)10-12-5-3-4-6-15(12)17/h3-6,13-14H,7-10H2,1-2H3,(H,18,19,20)/t13-,14+/m0/s1. The summed E-state index contributed by atoms with van der Waals surface area (Å²) in [6.07, 6.45) is 0. The highest BCUT2D eigenvalue weighted by atomic mass is 35.5. The van der Waals surface area contributed by atoms with Crippen LogP contribution in [-0.4, -0.2) is 54.7 Å². The van der Waals surface area contributed by atoms with Gasteiger partial charge in [-0.2, -0.15) is 5.10 Å². The molecule has 0 amide bonds. The maximum Gasteiger partial charge on any atom is 0.218 e. The van der Waals surface area contributed by atoms with Crippen LogP contribution >= 0.6 is 11.6 Å². The van der Waals surface area contributed by atoms with Crippen LogP contribution < -0.4 is 0 Å². The Morgan fingerprint density at radius 2 is 2.12 bits per heavy atom. The average molecular weight is 385 g/mol. The number of H-pyrrole nitrogens is 1. The molecule has 9 heteroatoms. The zero-order chi connectivity index (χ0) is 18.0. The van der Waals surface area contributed by atoms with E-state index in [2.05, 4.69) is 15.2 Å². The largest absolute Gasteiger partial charge is 0.384 e. The summed E-state index contributed by atoms with van der Waals surface area (Å²) in [5.74, 6) is 1.15. The van der Waals surface area contributed by atoms with Gasteiger partial charge in [0.1, 0.15) is 5.82 Å². The Morgan fingerprint density at radius 1 is 1.36 bits per heavy atom. The lowest BCUT2D eigenvalue weighted by Gasteiger charge is -2.16. The number of nitrogens with zero attached hydrogens (tertiary/aromatic N) is 3. The summed E-state index contributed by atoms with van der Waals surface area (Å²) in [6, 6.07) is 7.00. The van der Waals surface area contributed by atoms with Gasteiger partial charge in [0.25, 0.3) is 0 Å². The molecular weight excluding hydrogens is 364 g/mol. The van der Waals surface area contributed by atoms with Gasteiger partial charge in [0.15, 0.2) is 5.82 Å². The maximum atomic E-state index is 12.9. The lowest BCUT2D eigenvalue weighted by atomic mass is 9.96. The van der Waals surface area contributed by atoms with Crippen LogP contribution in [0.5, 0.6) is 0 Å². The van der Waals surface area contributed by atoms with Crippen molar-refractivity contribution in [3.63, 3.8) is 0 Å². The van der Waals surface area contributed by atoms with Crippen LogP contribution in [0.2, 0.25) is 5.02 Å². The number of aromatic amines is 1. The summed E-state index contributed by atoms with van der Waals surface area (Å²) in [7, 11) is -1.88. The molecule has 0 bridgehead atoms. The van der Waals surface area contributed by atoms with E-state index in [9.17, 15) is 8.42 Å². The molecule has 2 atom stereocenters. The van der Waals surface area contributed by atoms with Crippen molar-refractivity contribution in [3.8, 4) is 0 Å². The molecule has 1 saturated heterocycles. The third-order valence-electron chi connectivity index (χ3n) is 4.42. The predicted octanol–water partition coefficient (Wildman–Crippen LogP) is 1.96. The van der Waals surface area contributed by atoms with E-state index in [0.29, 0.717) is 41.9 Å². The minimum absolute atomic E-state index is 0.0150. The summed E-state index contributed by atoms with van der Waals surface area (Å²) in [6.45, 7) is 3.01. The Bertz CT molecular complexity index is 839. The molecule has 1 aromatic carbocycles. The topological polar surface area (TPSA) is 88.2 Å². The monoisotopic (exact) mass is 384 g/mol. The van der Waals surface area contributed by atoms with E-state index in [0.717, 1.165) is 0 Å². The molecule has 25 heavy (non-hydrogen) atoms. The number of benzene rings is 1. The lowest BCUT2D eigenvalue weighted by Crippen LogP contribution is -2.30. The normalized spacial score (nSPS) is 21.7. The molecule has 1 aromatic heterocycles. The molecule has 2 heterocycles. The highest BCUT2D eigenvalue weighted by Gasteiger charge is 2.41. The number of halogens is 1. The Labute approximate surface area is 152 Å². The third kappa shape index (κ3) is 4.03. The molecule has 0 aliphatic carbocycles. The first-order valence-electron chi connectivity index (χ1n) is 8.00. The van der Waals surface area contributed by atoms with Gasteiger partial charge in [-0.05, 0) is 18.6 Å². The molecule has 2 aromatic rings. The summed E-state index contributed by atoms with van der Waals surface area (Å²) < 4.78 is 32.5.